The lowest BCUT2D eigenvalue weighted by atomic mass is 9.67. The van der Waals surface area contributed by atoms with E-state index in [2.05, 4.69) is 33.0 Å². The Morgan fingerprint density at radius 1 is 1.24 bits per heavy atom. The van der Waals surface area contributed by atoms with E-state index in [4.69, 9.17) is 4.74 Å². The van der Waals surface area contributed by atoms with E-state index in [9.17, 15) is 4.39 Å². The Morgan fingerprint density at radius 3 is 2.68 bits per heavy atom. The number of halogens is 1. The zero-order valence-corrected chi connectivity index (χ0v) is 16.5. The predicted molar refractivity (Wildman–Crippen MR) is 103 cm³/mol. The van der Waals surface area contributed by atoms with Gasteiger partial charge < -0.3 is 10.1 Å². The first-order valence-corrected chi connectivity index (χ1v) is 9.96. The van der Waals surface area contributed by atoms with Crippen molar-refractivity contribution in [1.29, 1.82) is 0 Å². The van der Waals surface area contributed by atoms with Crippen LogP contribution in [0.5, 0.6) is 0 Å². The minimum atomic E-state index is -0.117. The third kappa shape index (κ3) is 6.07. The fourth-order valence-corrected chi connectivity index (χ4v) is 4.04. The molecule has 0 spiro atoms. The lowest BCUT2D eigenvalue weighted by molar-refractivity contribution is -0.122. The second-order valence-corrected chi connectivity index (χ2v) is 8.53. The van der Waals surface area contributed by atoms with Gasteiger partial charge in [0, 0.05) is 18.7 Å². The van der Waals surface area contributed by atoms with E-state index in [1.807, 2.05) is 12.1 Å². The Labute approximate surface area is 153 Å². The fraction of sp³-hybridized carbons (Fsp3) is 0.727. The number of rotatable bonds is 9. The second kappa shape index (κ2) is 9.14. The van der Waals surface area contributed by atoms with Gasteiger partial charge in [0.2, 0.25) is 0 Å². The van der Waals surface area contributed by atoms with E-state index >= 15 is 0 Å². The monoisotopic (exact) mass is 349 g/mol. The maximum absolute atomic E-state index is 13.7. The SMILES string of the molecule is CC[C@]1(C)C[C@@](CCNCc2ccccc2F)(CCC(C)C)CCO1. The maximum Gasteiger partial charge on any atom is 0.127 e. The molecule has 1 saturated heterocycles. The van der Waals surface area contributed by atoms with Gasteiger partial charge in [0.05, 0.1) is 5.60 Å². The summed E-state index contributed by atoms with van der Waals surface area (Å²) in [6.45, 7) is 11.5. The lowest BCUT2D eigenvalue weighted by Gasteiger charge is -2.47. The van der Waals surface area contributed by atoms with Gasteiger partial charge in [-0.2, -0.15) is 0 Å². The summed E-state index contributed by atoms with van der Waals surface area (Å²) >= 11 is 0. The van der Waals surface area contributed by atoms with Crippen LogP contribution in [0.2, 0.25) is 0 Å². The molecule has 0 amide bonds. The van der Waals surface area contributed by atoms with Gasteiger partial charge in [-0.15, -0.1) is 0 Å². The second-order valence-electron chi connectivity index (χ2n) is 8.53. The van der Waals surface area contributed by atoms with Crippen molar-refractivity contribution in [2.45, 2.75) is 78.4 Å². The van der Waals surface area contributed by atoms with Gasteiger partial charge in [0.1, 0.15) is 5.82 Å². The highest BCUT2D eigenvalue weighted by Gasteiger charge is 2.41. The van der Waals surface area contributed by atoms with Crippen LogP contribution in [0.4, 0.5) is 4.39 Å². The lowest BCUT2D eigenvalue weighted by Crippen LogP contribution is -2.44. The quantitative estimate of drug-likeness (QED) is 0.577. The minimum absolute atomic E-state index is 0.0147. The molecule has 1 N–H and O–H groups in total. The summed E-state index contributed by atoms with van der Waals surface area (Å²) in [6, 6.07) is 7.04. The Hall–Kier alpha value is -0.930. The Kier molecular flexibility index (Phi) is 7.45. The molecule has 1 heterocycles. The highest BCUT2D eigenvalue weighted by Crippen LogP contribution is 2.46. The Balaban J connectivity index is 1.93. The molecule has 2 nitrogen and oxygen atoms in total. The van der Waals surface area contributed by atoms with Gasteiger partial charge in [0.15, 0.2) is 0 Å². The van der Waals surface area contributed by atoms with Crippen LogP contribution in [0, 0.1) is 17.2 Å². The maximum atomic E-state index is 13.7. The molecule has 3 heteroatoms. The summed E-state index contributed by atoms with van der Waals surface area (Å²) < 4.78 is 19.8. The summed E-state index contributed by atoms with van der Waals surface area (Å²) in [7, 11) is 0. The number of hydrogen-bond acceptors (Lipinski definition) is 2. The summed E-state index contributed by atoms with van der Waals surface area (Å²) in [4.78, 5) is 0. The standard InChI is InChI=1S/C22H36FNO/c1-5-21(4)17-22(13-15-25-21,11-10-18(2)3)12-14-24-16-19-8-6-7-9-20(19)23/h6-9,18,24H,5,10-17H2,1-4H3/t21-,22-/m1/s1. The van der Waals surface area contributed by atoms with Crippen LogP contribution >= 0.6 is 0 Å². The highest BCUT2D eigenvalue weighted by atomic mass is 19.1. The first kappa shape index (κ1) is 20.4. The molecule has 1 aliphatic heterocycles. The Morgan fingerprint density at radius 2 is 2.00 bits per heavy atom. The molecule has 0 bridgehead atoms. The molecule has 2 rings (SSSR count). The van der Waals surface area contributed by atoms with Crippen molar-refractivity contribution in [3.05, 3.63) is 35.6 Å². The molecule has 0 aliphatic carbocycles. The molecule has 0 radical (unpaired) electrons. The van der Waals surface area contributed by atoms with Gasteiger partial charge in [-0.1, -0.05) is 45.4 Å². The van der Waals surface area contributed by atoms with E-state index in [0.717, 1.165) is 50.3 Å². The molecule has 2 atom stereocenters. The molecular weight excluding hydrogens is 313 g/mol. The summed E-state index contributed by atoms with van der Waals surface area (Å²) in [6.07, 6.45) is 7.05. The molecule has 1 aromatic carbocycles. The predicted octanol–water partition coefficient (Wildman–Crippen LogP) is 5.71. The average Bonchev–Trinajstić information content (AvgIpc) is 2.59. The molecular formula is C22H36FNO. The first-order chi connectivity index (χ1) is 11.9. The van der Waals surface area contributed by atoms with Crippen LogP contribution in [0.3, 0.4) is 0 Å². The van der Waals surface area contributed by atoms with Gasteiger partial charge >= 0.3 is 0 Å². The van der Waals surface area contributed by atoms with Crippen molar-refractivity contribution in [3.8, 4) is 0 Å². The van der Waals surface area contributed by atoms with Gasteiger partial charge in [-0.3, -0.25) is 0 Å². The van der Waals surface area contributed by atoms with Crippen LogP contribution < -0.4 is 5.32 Å². The molecule has 1 fully saturated rings. The van der Waals surface area contributed by atoms with E-state index in [1.165, 1.54) is 18.9 Å². The smallest absolute Gasteiger partial charge is 0.127 e. The van der Waals surface area contributed by atoms with Gasteiger partial charge in [-0.25, -0.2) is 4.39 Å². The number of benzene rings is 1. The van der Waals surface area contributed by atoms with Crippen molar-refractivity contribution < 1.29 is 9.13 Å². The van der Waals surface area contributed by atoms with Gasteiger partial charge in [-0.05, 0) is 63.0 Å². The van der Waals surface area contributed by atoms with Crippen molar-refractivity contribution in [3.63, 3.8) is 0 Å². The average molecular weight is 350 g/mol. The van der Waals surface area contributed by atoms with E-state index in [0.29, 0.717) is 12.0 Å². The molecule has 1 aromatic rings. The minimum Gasteiger partial charge on any atom is -0.375 e. The van der Waals surface area contributed by atoms with Gasteiger partial charge in [0.25, 0.3) is 0 Å². The molecule has 1 aliphatic rings. The molecule has 142 valence electrons. The fourth-order valence-electron chi connectivity index (χ4n) is 4.04. The van der Waals surface area contributed by atoms with Crippen LogP contribution in [0.1, 0.15) is 71.8 Å². The normalized spacial score (nSPS) is 27.0. The summed E-state index contributed by atoms with van der Waals surface area (Å²) in [5.41, 5.74) is 1.13. The number of nitrogens with one attached hydrogen (secondary N) is 1. The number of ether oxygens (including phenoxy) is 1. The third-order valence-electron chi connectivity index (χ3n) is 5.94. The van der Waals surface area contributed by atoms with E-state index < -0.39 is 0 Å². The molecule has 25 heavy (non-hydrogen) atoms. The van der Waals surface area contributed by atoms with Crippen molar-refractivity contribution in [2.24, 2.45) is 11.3 Å². The summed E-state index contributed by atoms with van der Waals surface area (Å²) in [5.74, 6) is 0.619. The van der Waals surface area contributed by atoms with E-state index in [1.54, 1.807) is 6.07 Å². The first-order valence-electron chi connectivity index (χ1n) is 9.96. The van der Waals surface area contributed by atoms with Crippen LogP contribution in [0.15, 0.2) is 24.3 Å². The molecule has 0 aromatic heterocycles. The topological polar surface area (TPSA) is 21.3 Å². The van der Waals surface area contributed by atoms with Crippen molar-refractivity contribution in [1.82, 2.24) is 5.32 Å². The van der Waals surface area contributed by atoms with Crippen molar-refractivity contribution in [2.75, 3.05) is 13.2 Å². The number of hydrogen-bond donors (Lipinski definition) is 1. The largest absolute Gasteiger partial charge is 0.375 e. The van der Waals surface area contributed by atoms with E-state index in [-0.39, 0.29) is 11.4 Å². The third-order valence-corrected chi connectivity index (χ3v) is 5.94. The summed E-state index contributed by atoms with van der Waals surface area (Å²) in [5, 5.41) is 3.47. The van der Waals surface area contributed by atoms with Crippen LogP contribution in [0.25, 0.3) is 0 Å². The highest BCUT2D eigenvalue weighted by molar-refractivity contribution is 5.16. The zero-order chi connectivity index (χ0) is 18.3. The Bertz CT molecular complexity index is 533. The van der Waals surface area contributed by atoms with Crippen LogP contribution in [-0.2, 0) is 11.3 Å². The molecule has 0 saturated carbocycles. The molecule has 0 unspecified atom stereocenters. The zero-order valence-electron chi connectivity index (χ0n) is 16.5. The van der Waals surface area contributed by atoms with Crippen LogP contribution in [-0.4, -0.2) is 18.8 Å². The van der Waals surface area contributed by atoms with Crippen molar-refractivity contribution >= 4 is 0 Å².